The summed E-state index contributed by atoms with van der Waals surface area (Å²) in [6.45, 7) is 4.49. The predicted molar refractivity (Wildman–Crippen MR) is 76.3 cm³/mol. The zero-order valence-corrected chi connectivity index (χ0v) is 11.8. The summed E-state index contributed by atoms with van der Waals surface area (Å²) < 4.78 is 4.97. The van der Waals surface area contributed by atoms with Gasteiger partial charge in [-0.3, -0.25) is 4.79 Å². The van der Waals surface area contributed by atoms with Crippen LogP contribution in [0.2, 0.25) is 0 Å². The van der Waals surface area contributed by atoms with Crippen LogP contribution >= 0.6 is 12.4 Å². The molecule has 3 N–H and O–H groups in total. The highest BCUT2D eigenvalue weighted by molar-refractivity contribution is 5.96. The molecule has 0 spiro atoms. The van der Waals surface area contributed by atoms with Crippen molar-refractivity contribution in [1.82, 2.24) is 5.32 Å². The first-order valence-electron chi connectivity index (χ1n) is 5.70. The average molecular weight is 273 g/mol. The molecule has 0 bridgehead atoms. The molecule has 0 radical (unpaired) electrons. The third kappa shape index (κ3) is 4.94. The summed E-state index contributed by atoms with van der Waals surface area (Å²) in [4.78, 5) is 12.0. The Morgan fingerprint density at radius 3 is 2.78 bits per heavy atom. The number of carbonyl (C=O) groups excluding carboxylic acids is 1. The van der Waals surface area contributed by atoms with Crippen molar-refractivity contribution < 1.29 is 9.53 Å². The van der Waals surface area contributed by atoms with Gasteiger partial charge in [0.2, 0.25) is 0 Å². The first kappa shape index (κ1) is 16.7. The van der Waals surface area contributed by atoms with E-state index in [1.165, 1.54) is 0 Å². The number of anilines is 1. The molecule has 0 aromatic heterocycles. The Balaban J connectivity index is 0.00000289. The molecule has 0 saturated carbocycles. The minimum atomic E-state index is -0.0848. The lowest BCUT2D eigenvalue weighted by molar-refractivity contribution is 0.0929. The number of nitrogens with two attached hydrogens (primary N) is 1. The van der Waals surface area contributed by atoms with E-state index in [-0.39, 0.29) is 24.4 Å². The van der Waals surface area contributed by atoms with Crippen LogP contribution in [-0.2, 0) is 4.74 Å². The van der Waals surface area contributed by atoms with Crippen molar-refractivity contribution in [3.8, 4) is 0 Å². The van der Waals surface area contributed by atoms with E-state index in [1.807, 2.05) is 19.9 Å². The largest absolute Gasteiger partial charge is 0.399 e. The SMILES string of the molecule is COCCC(C)NC(=O)c1cc(N)ccc1C.Cl. The van der Waals surface area contributed by atoms with Crippen LogP contribution < -0.4 is 11.1 Å². The Morgan fingerprint density at radius 1 is 1.50 bits per heavy atom. The number of ether oxygens (including phenoxy) is 1. The van der Waals surface area contributed by atoms with Crippen molar-refractivity contribution in [2.75, 3.05) is 19.5 Å². The second-order valence-corrected chi connectivity index (χ2v) is 4.23. The van der Waals surface area contributed by atoms with Gasteiger partial charge in [-0.25, -0.2) is 0 Å². The second-order valence-electron chi connectivity index (χ2n) is 4.23. The van der Waals surface area contributed by atoms with Crippen LogP contribution in [-0.4, -0.2) is 25.7 Å². The van der Waals surface area contributed by atoms with Crippen LogP contribution in [0.1, 0.15) is 29.3 Å². The van der Waals surface area contributed by atoms with Crippen LogP contribution in [0, 0.1) is 6.92 Å². The second kappa shape index (κ2) is 7.95. The van der Waals surface area contributed by atoms with Gasteiger partial charge in [-0.15, -0.1) is 12.4 Å². The number of rotatable bonds is 5. The molecule has 102 valence electrons. The van der Waals surface area contributed by atoms with E-state index in [1.54, 1.807) is 19.2 Å². The van der Waals surface area contributed by atoms with Gasteiger partial charge in [0.25, 0.3) is 5.91 Å². The molecule has 0 aliphatic carbocycles. The van der Waals surface area contributed by atoms with Crippen molar-refractivity contribution >= 4 is 24.0 Å². The first-order valence-corrected chi connectivity index (χ1v) is 5.70. The van der Waals surface area contributed by atoms with E-state index < -0.39 is 0 Å². The highest BCUT2D eigenvalue weighted by Gasteiger charge is 2.12. The Morgan fingerprint density at radius 2 is 2.17 bits per heavy atom. The summed E-state index contributed by atoms with van der Waals surface area (Å²) in [7, 11) is 1.65. The zero-order valence-electron chi connectivity index (χ0n) is 11.0. The van der Waals surface area contributed by atoms with Gasteiger partial charge in [0.05, 0.1) is 0 Å². The van der Waals surface area contributed by atoms with Crippen LogP contribution in [0.4, 0.5) is 5.69 Å². The van der Waals surface area contributed by atoms with Gasteiger partial charge in [0.15, 0.2) is 0 Å². The van der Waals surface area contributed by atoms with Gasteiger partial charge in [-0.05, 0) is 38.0 Å². The summed E-state index contributed by atoms with van der Waals surface area (Å²) in [6.07, 6.45) is 0.795. The number of hydrogen-bond donors (Lipinski definition) is 2. The number of aryl methyl sites for hydroxylation is 1. The first-order chi connectivity index (χ1) is 8.04. The Bertz CT molecular complexity index is 397. The molecule has 1 rings (SSSR count). The molecule has 0 fully saturated rings. The number of nitrogens with one attached hydrogen (secondary N) is 1. The van der Waals surface area contributed by atoms with Gasteiger partial charge in [-0.2, -0.15) is 0 Å². The van der Waals surface area contributed by atoms with Crippen molar-refractivity contribution in [3.63, 3.8) is 0 Å². The van der Waals surface area contributed by atoms with Crippen LogP contribution in [0.15, 0.2) is 18.2 Å². The summed E-state index contributed by atoms with van der Waals surface area (Å²) in [5.74, 6) is -0.0848. The average Bonchev–Trinajstić information content (AvgIpc) is 2.29. The standard InChI is InChI=1S/C13H20N2O2.ClH/c1-9-4-5-11(14)8-12(9)13(16)15-10(2)6-7-17-3;/h4-5,8,10H,6-7,14H2,1-3H3,(H,15,16);1H. The van der Waals surface area contributed by atoms with Crippen LogP contribution in [0.3, 0.4) is 0 Å². The minimum Gasteiger partial charge on any atom is -0.399 e. The summed E-state index contributed by atoms with van der Waals surface area (Å²) in [5, 5.41) is 2.92. The maximum atomic E-state index is 12.0. The number of hydrogen-bond acceptors (Lipinski definition) is 3. The number of carbonyl (C=O) groups is 1. The van der Waals surface area contributed by atoms with Crippen molar-refractivity contribution in [3.05, 3.63) is 29.3 Å². The fourth-order valence-electron chi connectivity index (χ4n) is 1.55. The maximum absolute atomic E-state index is 12.0. The lowest BCUT2D eigenvalue weighted by Crippen LogP contribution is -2.33. The fraction of sp³-hybridized carbons (Fsp3) is 0.462. The summed E-state index contributed by atoms with van der Waals surface area (Å²) in [5.41, 5.74) is 7.84. The quantitative estimate of drug-likeness (QED) is 0.808. The Hall–Kier alpha value is -1.26. The molecule has 1 aromatic carbocycles. The number of methoxy groups -OCH3 is 1. The van der Waals surface area contributed by atoms with E-state index in [2.05, 4.69) is 5.32 Å². The minimum absolute atomic E-state index is 0. The monoisotopic (exact) mass is 272 g/mol. The fourth-order valence-corrected chi connectivity index (χ4v) is 1.55. The summed E-state index contributed by atoms with van der Waals surface area (Å²) >= 11 is 0. The predicted octanol–water partition coefficient (Wildman–Crippen LogP) is 2.15. The van der Waals surface area contributed by atoms with Gasteiger partial charge in [0, 0.05) is 31.0 Å². The van der Waals surface area contributed by atoms with Gasteiger partial charge in [0.1, 0.15) is 0 Å². The normalized spacial score (nSPS) is 11.5. The summed E-state index contributed by atoms with van der Waals surface area (Å²) in [6, 6.07) is 5.43. The van der Waals surface area contributed by atoms with Crippen molar-refractivity contribution in [2.45, 2.75) is 26.3 Å². The topological polar surface area (TPSA) is 64.3 Å². The molecule has 4 nitrogen and oxygen atoms in total. The molecule has 18 heavy (non-hydrogen) atoms. The number of halogens is 1. The molecule has 1 unspecified atom stereocenters. The smallest absolute Gasteiger partial charge is 0.251 e. The molecule has 0 heterocycles. The molecule has 0 aliphatic rings. The van der Waals surface area contributed by atoms with E-state index in [0.717, 1.165) is 12.0 Å². The van der Waals surface area contributed by atoms with E-state index in [0.29, 0.717) is 17.9 Å². The van der Waals surface area contributed by atoms with Crippen LogP contribution in [0.25, 0.3) is 0 Å². The van der Waals surface area contributed by atoms with Crippen molar-refractivity contribution in [1.29, 1.82) is 0 Å². The molecule has 1 aromatic rings. The third-order valence-electron chi connectivity index (χ3n) is 2.64. The highest BCUT2D eigenvalue weighted by atomic mass is 35.5. The van der Waals surface area contributed by atoms with E-state index >= 15 is 0 Å². The lowest BCUT2D eigenvalue weighted by atomic mass is 10.1. The molecular weight excluding hydrogens is 252 g/mol. The molecule has 0 saturated heterocycles. The van der Waals surface area contributed by atoms with Gasteiger partial charge >= 0.3 is 0 Å². The molecule has 0 aliphatic heterocycles. The molecular formula is C13H21ClN2O2. The number of amides is 1. The van der Waals surface area contributed by atoms with Crippen molar-refractivity contribution in [2.24, 2.45) is 0 Å². The van der Waals surface area contributed by atoms with E-state index in [9.17, 15) is 4.79 Å². The van der Waals surface area contributed by atoms with Gasteiger partial charge < -0.3 is 15.8 Å². The maximum Gasteiger partial charge on any atom is 0.251 e. The molecule has 1 atom stereocenters. The number of nitrogen functional groups attached to an aromatic ring is 1. The van der Waals surface area contributed by atoms with Gasteiger partial charge in [-0.1, -0.05) is 6.07 Å². The highest BCUT2D eigenvalue weighted by Crippen LogP contribution is 2.12. The number of benzene rings is 1. The Labute approximate surface area is 114 Å². The van der Waals surface area contributed by atoms with E-state index in [4.69, 9.17) is 10.5 Å². The molecule has 1 amide bonds. The van der Waals surface area contributed by atoms with Crippen LogP contribution in [0.5, 0.6) is 0 Å². The lowest BCUT2D eigenvalue weighted by Gasteiger charge is -2.14. The Kier molecular flexibility index (Phi) is 7.39. The zero-order chi connectivity index (χ0) is 12.8. The molecule has 5 heteroatoms. The third-order valence-corrected chi connectivity index (χ3v) is 2.64.